The number of hydrogen-bond acceptors (Lipinski definition) is 4. The van der Waals surface area contributed by atoms with Crippen LogP contribution in [0.15, 0.2) is 18.5 Å². The summed E-state index contributed by atoms with van der Waals surface area (Å²) < 4.78 is 5.86. The maximum absolute atomic E-state index is 6.00. The SMILES string of the molecule is NC1CCC(OCCCNc2ccncc2Cl)CC1. The monoisotopic (exact) mass is 283 g/mol. The van der Waals surface area contributed by atoms with E-state index in [9.17, 15) is 0 Å². The van der Waals surface area contributed by atoms with Crippen LogP contribution in [0.3, 0.4) is 0 Å². The topological polar surface area (TPSA) is 60.2 Å². The van der Waals surface area contributed by atoms with Crippen molar-refractivity contribution >= 4 is 17.3 Å². The van der Waals surface area contributed by atoms with E-state index in [1.165, 1.54) is 0 Å². The lowest BCUT2D eigenvalue weighted by Crippen LogP contribution is -2.30. The average Bonchev–Trinajstić information content (AvgIpc) is 2.42. The summed E-state index contributed by atoms with van der Waals surface area (Å²) in [5.74, 6) is 0. The summed E-state index contributed by atoms with van der Waals surface area (Å²) in [5.41, 5.74) is 6.80. The summed E-state index contributed by atoms with van der Waals surface area (Å²) in [5, 5.41) is 3.94. The van der Waals surface area contributed by atoms with Crippen LogP contribution in [0, 0.1) is 0 Å². The van der Waals surface area contributed by atoms with Gasteiger partial charge in [-0.3, -0.25) is 4.98 Å². The van der Waals surface area contributed by atoms with Crippen molar-refractivity contribution < 1.29 is 4.74 Å². The molecule has 0 aromatic carbocycles. The largest absolute Gasteiger partial charge is 0.384 e. The van der Waals surface area contributed by atoms with E-state index in [1.54, 1.807) is 12.4 Å². The summed E-state index contributed by atoms with van der Waals surface area (Å²) in [6.07, 6.45) is 9.15. The lowest BCUT2D eigenvalue weighted by molar-refractivity contribution is 0.0251. The van der Waals surface area contributed by atoms with Crippen LogP contribution in [-0.4, -0.2) is 30.3 Å². The zero-order valence-electron chi connectivity index (χ0n) is 11.1. The first-order valence-corrected chi connectivity index (χ1v) is 7.34. The Morgan fingerprint density at radius 1 is 1.37 bits per heavy atom. The van der Waals surface area contributed by atoms with E-state index in [1.807, 2.05) is 6.07 Å². The van der Waals surface area contributed by atoms with Crippen LogP contribution in [0.5, 0.6) is 0 Å². The summed E-state index contributed by atoms with van der Waals surface area (Å²) in [6, 6.07) is 2.27. The lowest BCUT2D eigenvalue weighted by Gasteiger charge is -2.26. The van der Waals surface area contributed by atoms with Crippen LogP contribution >= 0.6 is 11.6 Å². The molecule has 5 heteroatoms. The van der Waals surface area contributed by atoms with Gasteiger partial charge < -0.3 is 15.8 Å². The first-order chi connectivity index (χ1) is 9.25. The number of anilines is 1. The zero-order valence-corrected chi connectivity index (χ0v) is 11.9. The third kappa shape index (κ3) is 4.97. The van der Waals surface area contributed by atoms with Crippen LogP contribution in [0.25, 0.3) is 0 Å². The van der Waals surface area contributed by atoms with Crippen LogP contribution in [0.2, 0.25) is 5.02 Å². The molecule has 1 aliphatic carbocycles. The van der Waals surface area contributed by atoms with E-state index in [0.717, 1.165) is 50.9 Å². The molecule has 0 radical (unpaired) electrons. The normalized spacial score (nSPS) is 23.3. The van der Waals surface area contributed by atoms with Gasteiger partial charge in [0.25, 0.3) is 0 Å². The first kappa shape index (κ1) is 14.6. The molecule has 1 aromatic heterocycles. The Morgan fingerprint density at radius 2 is 2.16 bits per heavy atom. The maximum atomic E-state index is 6.00. The Balaban J connectivity index is 1.56. The number of rotatable bonds is 6. The Kier molecular flexibility index (Phi) is 5.89. The van der Waals surface area contributed by atoms with E-state index in [2.05, 4.69) is 10.3 Å². The van der Waals surface area contributed by atoms with E-state index in [4.69, 9.17) is 22.1 Å². The molecule has 2 rings (SSSR count). The minimum absolute atomic E-state index is 0.385. The van der Waals surface area contributed by atoms with Gasteiger partial charge in [-0.2, -0.15) is 0 Å². The van der Waals surface area contributed by atoms with Crippen LogP contribution in [0.1, 0.15) is 32.1 Å². The molecule has 0 bridgehead atoms. The van der Waals surface area contributed by atoms with Crippen molar-refractivity contribution in [2.24, 2.45) is 5.73 Å². The van der Waals surface area contributed by atoms with Crippen molar-refractivity contribution in [2.75, 3.05) is 18.5 Å². The smallest absolute Gasteiger partial charge is 0.0820 e. The standard InChI is InChI=1S/C14H22ClN3O/c15-13-10-17-8-6-14(13)18-7-1-9-19-12-4-2-11(16)3-5-12/h6,8,10-12H,1-5,7,9,16H2,(H,17,18). The molecule has 0 aliphatic heterocycles. The zero-order chi connectivity index (χ0) is 13.5. The first-order valence-electron chi connectivity index (χ1n) is 6.96. The molecule has 106 valence electrons. The fourth-order valence-corrected chi connectivity index (χ4v) is 2.51. The fraction of sp³-hybridized carbons (Fsp3) is 0.643. The number of hydrogen-bond donors (Lipinski definition) is 2. The highest BCUT2D eigenvalue weighted by Crippen LogP contribution is 2.20. The van der Waals surface area contributed by atoms with E-state index >= 15 is 0 Å². The molecule has 1 fully saturated rings. The lowest BCUT2D eigenvalue weighted by atomic mass is 9.94. The molecule has 0 amide bonds. The molecule has 0 spiro atoms. The van der Waals surface area contributed by atoms with Gasteiger partial charge in [0, 0.05) is 31.6 Å². The molecule has 3 N–H and O–H groups in total. The van der Waals surface area contributed by atoms with Gasteiger partial charge in [-0.15, -0.1) is 0 Å². The van der Waals surface area contributed by atoms with Gasteiger partial charge in [0.15, 0.2) is 0 Å². The number of nitrogens with two attached hydrogens (primary N) is 1. The molecule has 1 heterocycles. The Hall–Kier alpha value is -0.840. The van der Waals surface area contributed by atoms with Gasteiger partial charge in [-0.05, 0) is 38.2 Å². The summed E-state index contributed by atoms with van der Waals surface area (Å²) >= 11 is 6.00. The molecule has 1 aromatic rings. The highest BCUT2D eigenvalue weighted by atomic mass is 35.5. The molecule has 0 atom stereocenters. The van der Waals surface area contributed by atoms with Crippen LogP contribution in [-0.2, 0) is 4.74 Å². The fourth-order valence-electron chi connectivity index (χ4n) is 2.32. The number of ether oxygens (including phenoxy) is 1. The van der Waals surface area contributed by atoms with Crippen LogP contribution in [0.4, 0.5) is 5.69 Å². The van der Waals surface area contributed by atoms with E-state index in [0.29, 0.717) is 17.2 Å². The maximum Gasteiger partial charge on any atom is 0.0820 e. The van der Waals surface area contributed by atoms with Crippen molar-refractivity contribution in [3.8, 4) is 0 Å². The number of aromatic nitrogens is 1. The predicted molar refractivity (Wildman–Crippen MR) is 78.5 cm³/mol. The summed E-state index contributed by atoms with van der Waals surface area (Å²) in [6.45, 7) is 1.64. The second-order valence-corrected chi connectivity index (χ2v) is 5.45. The molecule has 1 aliphatic rings. The third-order valence-electron chi connectivity index (χ3n) is 3.48. The van der Waals surface area contributed by atoms with Gasteiger partial charge in [-0.1, -0.05) is 11.6 Å². The quantitative estimate of drug-likeness (QED) is 0.788. The molecular formula is C14H22ClN3O. The summed E-state index contributed by atoms with van der Waals surface area (Å²) in [7, 11) is 0. The second kappa shape index (κ2) is 7.68. The molecule has 1 saturated carbocycles. The number of nitrogens with zero attached hydrogens (tertiary/aromatic N) is 1. The second-order valence-electron chi connectivity index (χ2n) is 5.04. The summed E-state index contributed by atoms with van der Waals surface area (Å²) in [4.78, 5) is 3.95. The van der Waals surface area contributed by atoms with Gasteiger partial charge in [0.1, 0.15) is 0 Å². The van der Waals surface area contributed by atoms with Gasteiger partial charge >= 0.3 is 0 Å². The molecular weight excluding hydrogens is 262 g/mol. The minimum Gasteiger partial charge on any atom is -0.384 e. The van der Waals surface area contributed by atoms with Crippen molar-refractivity contribution in [3.63, 3.8) is 0 Å². The van der Waals surface area contributed by atoms with Crippen molar-refractivity contribution in [1.29, 1.82) is 0 Å². The molecule has 0 saturated heterocycles. The third-order valence-corrected chi connectivity index (χ3v) is 3.78. The Bertz CT molecular complexity index is 381. The van der Waals surface area contributed by atoms with Gasteiger partial charge in [0.2, 0.25) is 0 Å². The highest BCUT2D eigenvalue weighted by Gasteiger charge is 2.18. The Labute approximate surface area is 119 Å². The predicted octanol–water partition coefficient (Wildman–Crippen LogP) is 2.82. The molecule has 0 unspecified atom stereocenters. The average molecular weight is 284 g/mol. The molecule has 4 nitrogen and oxygen atoms in total. The van der Waals surface area contributed by atoms with E-state index in [-0.39, 0.29) is 0 Å². The minimum atomic E-state index is 0.385. The van der Waals surface area contributed by atoms with Gasteiger partial charge in [0.05, 0.1) is 16.8 Å². The van der Waals surface area contributed by atoms with Gasteiger partial charge in [-0.25, -0.2) is 0 Å². The number of pyridine rings is 1. The van der Waals surface area contributed by atoms with E-state index < -0.39 is 0 Å². The van der Waals surface area contributed by atoms with Crippen molar-refractivity contribution in [1.82, 2.24) is 4.98 Å². The molecule has 19 heavy (non-hydrogen) atoms. The Morgan fingerprint density at radius 3 is 2.89 bits per heavy atom. The number of halogens is 1. The van der Waals surface area contributed by atoms with Crippen molar-refractivity contribution in [2.45, 2.75) is 44.2 Å². The highest BCUT2D eigenvalue weighted by molar-refractivity contribution is 6.33. The van der Waals surface area contributed by atoms with Crippen LogP contribution < -0.4 is 11.1 Å². The van der Waals surface area contributed by atoms with Crippen molar-refractivity contribution in [3.05, 3.63) is 23.5 Å². The number of nitrogens with one attached hydrogen (secondary N) is 1.